The van der Waals surface area contributed by atoms with Gasteiger partial charge < -0.3 is 11.1 Å². The first-order chi connectivity index (χ1) is 16.4. The highest BCUT2D eigenvalue weighted by molar-refractivity contribution is 6.09. The number of nitrogens with zero attached hydrogens (tertiary/aromatic N) is 1. The van der Waals surface area contributed by atoms with E-state index in [1.807, 2.05) is 39.0 Å². The molecule has 1 aliphatic carbocycles. The lowest BCUT2D eigenvalue weighted by Gasteiger charge is -2.29. The predicted molar refractivity (Wildman–Crippen MR) is 139 cm³/mol. The molecular weight excluding hydrogens is 422 g/mol. The van der Waals surface area contributed by atoms with E-state index in [0.717, 1.165) is 59.0 Å². The quantitative estimate of drug-likeness (QED) is 0.409. The Morgan fingerprint density at radius 3 is 2.35 bits per heavy atom. The molecule has 0 aliphatic heterocycles. The van der Waals surface area contributed by atoms with Crippen LogP contribution in [0.15, 0.2) is 48.7 Å². The molecule has 0 saturated heterocycles. The van der Waals surface area contributed by atoms with Gasteiger partial charge in [0.15, 0.2) is 5.78 Å². The van der Waals surface area contributed by atoms with Crippen molar-refractivity contribution in [1.82, 2.24) is 4.98 Å². The first kappa shape index (κ1) is 24.1. The van der Waals surface area contributed by atoms with E-state index in [1.54, 1.807) is 6.20 Å². The molecule has 1 aliphatic rings. The van der Waals surface area contributed by atoms with Crippen molar-refractivity contribution in [2.45, 2.75) is 71.4 Å². The number of carbonyl (C=O) groups is 2. The van der Waals surface area contributed by atoms with E-state index in [4.69, 9.17) is 5.73 Å². The second kappa shape index (κ2) is 10.5. The highest BCUT2D eigenvalue weighted by Crippen LogP contribution is 2.34. The van der Waals surface area contributed by atoms with Crippen LogP contribution < -0.4 is 11.1 Å². The van der Waals surface area contributed by atoms with E-state index >= 15 is 0 Å². The number of nitrogens with one attached hydrogen (secondary N) is 1. The number of rotatable bonds is 8. The van der Waals surface area contributed by atoms with Gasteiger partial charge in [0.25, 0.3) is 0 Å². The number of aromatic nitrogens is 1. The number of hydrogen-bond donors (Lipinski definition) is 2. The number of carbonyl (C=O) groups excluding carboxylic acids is 2. The van der Waals surface area contributed by atoms with Gasteiger partial charge in [-0.05, 0) is 54.5 Å². The molecule has 0 unspecified atom stereocenters. The number of hydrogen-bond acceptors (Lipinski definition) is 5. The van der Waals surface area contributed by atoms with E-state index in [-0.39, 0.29) is 23.5 Å². The molecule has 3 aromatic rings. The molecule has 1 aromatic heterocycles. The summed E-state index contributed by atoms with van der Waals surface area (Å²) in [7, 11) is 0. The molecule has 5 nitrogen and oxygen atoms in total. The third-order valence-electron chi connectivity index (χ3n) is 6.86. The zero-order chi connectivity index (χ0) is 24.2. The summed E-state index contributed by atoms with van der Waals surface area (Å²) in [6.45, 7) is 5.75. The fraction of sp³-hybridized carbons (Fsp3) is 0.414. The lowest BCUT2D eigenvalue weighted by molar-refractivity contribution is -0.118. The number of Topliss-reactive ketones (excluding diaryl/α,β-unsaturated/α-hetero) is 2. The second-order valence-electron chi connectivity index (χ2n) is 9.82. The van der Waals surface area contributed by atoms with Gasteiger partial charge in [0.05, 0.1) is 16.8 Å². The van der Waals surface area contributed by atoms with Crippen molar-refractivity contribution < 1.29 is 9.59 Å². The van der Waals surface area contributed by atoms with Crippen molar-refractivity contribution in [3.05, 3.63) is 59.8 Å². The largest absolute Gasteiger partial charge is 0.381 e. The molecule has 0 amide bonds. The molecule has 2 aromatic carbocycles. The summed E-state index contributed by atoms with van der Waals surface area (Å²) in [5.41, 5.74) is 11.7. The molecular formula is C29H35N3O2. The summed E-state index contributed by atoms with van der Waals surface area (Å²) < 4.78 is 0. The van der Waals surface area contributed by atoms with Crippen LogP contribution in [-0.2, 0) is 11.2 Å². The molecule has 1 fully saturated rings. The standard InChI is InChI=1S/C29H35N3O2/c1-4-24(33)15-19-5-7-20(8-6-19)21-9-14-27-25(16-21)28(26(17-31-27)29(34)18(2)3)32-23-12-10-22(30)11-13-23/h5-9,14,16-18,22-23H,4,10-13,15,30H2,1-3H3,(H,31,32). The molecule has 4 rings (SSSR count). The molecule has 5 heteroatoms. The van der Waals surface area contributed by atoms with Crippen LogP contribution in [0.5, 0.6) is 0 Å². The van der Waals surface area contributed by atoms with Crippen molar-refractivity contribution in [3.8, 4) is 11.1 Å². The molecule has 0 radical (unpaired) electrons. The summed E-state index contributed by atoms with van der Waals surface area (Å²) in [4.78, 5) is 29.5. The Hall–Kier alpha value is -3.05. The number of nitrogens with two attached hydrogens (primary N) is 1. The van der Waals surface area contributed by atoms with Crippen molar-refractivity contribution >= 4 is 28.2 Å². The van der Waals surface area contributed by atoms with Gasteiger partial charge >= 0.3 is 0 Å². The Bertz CT molecular complexity index is 1180. The maximum absolute atomic E-state index is 13.1. The fourth-order valence-electron chi connectivity index (χ4n) is 4.66. The van der Waals surface area contributed by atoms with Gasteiger partial charge in [-0.25, -0.2) is 0 Å². The highest BCUT2D eigenvalue weighted by atomic mass is 16.1. The van der Waals surface area contributed by atoms with Gasteiger partial charge in [0.1, 0.15) is 5.78 Å². The van der Waals surface area contributed by atoms with E-state index in [0.29, 0.717) is 24.4 Å². The zero-order valence-corrected chi connectivity index (χ0v) is 20.4. The lowest BCUT2D eigenvalue weighted by Crippen LogP contribution is -2.33. The van der Waals surface area contributed by atoms with Crippen LogP contribution in [0.2, 0.25) is 0 Å². The summed E-state index contributed by atoms with van der Waals surface area (Å²) >= 11 is 0. The van der Waals surface area contributed by atoms with Crippen LogP contribution in [0.4, 0.5) is 5.69 Å². The fourth-order valence-corrected chi connectivity index (χ4v) is 4.66. The Morgan fingerprint density at radius 1 is 1.03 bits per heavy atom. The first-order valence-electron chi connectivity index (χ1n) is 12.5. The molecule has 1 saturated carbocycles. The van der Waals surface area contributed by atoms with Crippen LogP contribution in [0.3, 0.4) is 0 Å². The lowest BCUT2D eigenvalue weighted by atomic mass is 9.90. The topological polar surface area (TPSA) is 85.1 Å². The van der Waals surface area contributed by atoms with Crippen molar-refractivity contribution in [1.29, 1.82) is 0 Å². The van der Waals surface area contributed by atoms with Gasteiger partial charge in [0, 0.05) is 42.4 Å². The normalized spacial score (nSPS) is 18.3. The van der Waals surface area contributed by atoms with E-state index in [9.17, 15) is 9.59 Å². The number of anilines is 1. The monoisotopic (exact) mass is 457 g/mol. The zero-order valence-electron chi connectivity index (χ0n) is 20.4. The Morgan fingerprint density at radius 2 is 1.71 bits per heavy atom. The second-order valence-corrected chi connectivity index (χ2v) is 9.82. The molecule has 0 bridgehead atoms. The Labute approximate surface area is 202 Å². The van der Waals surface area contributed by atoms with Gasteiger partial charge in [-0.1, -0.05) is 51.1 Å². The maximum atomic E-state index is 13.1. The minimum atomic E-state index is -0.110. The van der Waals surface area contributed by atoms with Gasteiger partial charge in [0.2, 0.25) is 0 Å². The third kappa shape index (κ3) is 5.36. The van der Waals surface area contributed by atoms with Gasteiger partial charge in [-0.2, -0.15) is 0 Å². The minimum absolute atomic E-state index is 0.0970. The number of pyridine rings is 1. The molecule has 0 spiro atoms. The van der Waals surface area contributed by atoms with E-state index in [2.05, 4.69) is 34.6 Å². The Balaban J connectivity index is 1.73. The molecule has 0 atom stereocenters. The van der Waals surface area contributed by atoms with Crippen LogP contribution in [0.1, 0.15) is 68.8 Å². The van der Waals surface area contributed by atoms with E-state index < -0.39 is 0 Å². The first-order valence-corrected chi connectivity index (χ1v) is 12.5. The average molecular weight is 458 g/mol. The summed E-state index contributed by atoms with van der Waals surface area (Å²) in [6.07, 6.45) is 6.73. The molecule has 3 N–H and O–H groups in total. The van der Waals surface area contributed by atoms with Crippen LogP contribution >= 0.6 is 0 Å². The average Bonchev–Trinajstić information content (AvgIpc) is 2.85. The van der Waals surface area contributed by atoms with Crippen LogP contribution in [0.25, 0.3) is 22.0 Å². The summed E-state index contributed by atoms with van der Waals surface area (Å²) in [5, 5.41) is 4.67. The number of fused-ring (bicyclic) bond motifs is 1. The molecule has 1 heterocycles. The van der Waals surface area contributed by atoms with Crippen molar-refractivity contribution in [3.63, 3.8) is 0 Å². The Kier molecular flexibility index (Phi) is 7.42. The highest BCUT2D eigenvalue weighted by Gasteiger charge is 2.23. The smallest absolute Gasteiger partial charge is 0.169 e. The van der Waals surface area contributed by atoms with E-state index in [1.165, 1.54) is 0 Å². The van der Waals surface area contributed by atoms with Crippen LogP contribution in [0, 0.1) is 5.92 Å². The molecule has 34 heavy (non-hydrogen) atoms. The van der Waals surface area contributed by atoms with Crippen LogP contribution in [-0.4, -0.2) is 28.6 Å². The maximum Gasteiger partial charge on any atom is 0.169 e. The summed E-state index contributed by atoms with van der Waals surface area (Å²) in [6, 6.07) is 14.9. The minimum Gasteiger partial charge on any atom is -0.381 e. The van der Waals surface area contributed by atoms with Gasteiger partial charge in [-0.15, -0.1) is 0 Å². The number of benzene rings is 2. The summed E-state index contributed by atoms with van der Waals surface area (Å²) in [5.74, 6) is 0.229. The third-order valence-corrected chi connectivity index (χ3v) is 6.86. The van der Waals surface area contributed by atoms with Crippen molar-refractivity contribution in [2.24, 2.45) is 11.7 Å². The molecule has 178 valence electrons. The predicted octanol–water partition coefficient (Wildman–Crippen LogP) is 5.94. The number of ketones is 2. The SMILES string of the molecule is CCC(=O)Cc1ccc(-c2ccc3ncc(C(=O)C(C)C)c(NC4CCC(N)CC4)c3c2)cc1. The van der Waals surface area contributed by atoms with Gasteiger partial charge in [-0.3, -0.25) is 14.6 Å². The van der Waals surface area contributed by atoms with Crippen molar-refractivity contribution in [2.75, 3.05) is 5.32 Å².